The van der Waals surface area contributed by atoms with Crippen LogP contribution < -0.4 is 5.73 Å². The van der Waals surface area contributed by atoms with Crippen molar-refractivity contribution < 1.29 is 9.63 Å². The molecular weight excluding hydrogens is 206 g/mol. The molecule has 0 amide bonds. The fraction of sp³-hybridized carbons (Fsp3) is 0. The maximum absolute atomic E-state index is 10.1. The van der Waals surface area contributed by atoms with Gasteiger partial charge in [-0.05, 0) is 18.2 Å². The van der Waals surface area contributed by atoms with Gasteiger partial charge in [-0.25, -0.2) is 0 Å². The summed E-state index contributed by atoms with van der Waals surface area (Å²) < 4.78 is 5.01. The van der Waals surface area contributed by atoms with Crippen LogP contribution in [-0.4, -0.2) is 15.2 Å². The third-order valence-corrected chi connectivity index (χ3v) is 2.50. The van der Waals surface area contributed by atoms with Gasteiger partial charge in [0.15, 0.2) is 11.6 Å². The number of aromatic amines is 1. The average molecular weight is 215 g/mol. The molecule has 2 aromatic heterocycles. The zero-order valence-corrected chi connectivity index (χ0v) is 8.27. The van der Waals surface area contributed by atoms with Crippen molar-refractivity contribution in [3.8, 4) is 17.1 Å². The molecule has 0 aliphatic carbocycles. The number of rotatable bonds is 1. The van der Waals surface area contributed by atoms with Crippen molar-refractivity contribution in [2.24, 2.45) is 0 Å². The monoisotopic (exact) mass is 215 g/mol. The number of H-pyrrole nitrogens is 1. The number of aromatic nitrogens is 2. The Morgan fingerprint density at radius 3 is 2.94 bits per heavy atom. The lowest BCUT2D eigenvalue weighted by Crippen LogP contribution is -1.80. The van der Waals surface area contributed by atoms with E-state index in [1.807, 2.05) is 6.07 Å². The first-order valence-electron chi connectivity index (χ1n) is 4.77. The molecule has 0 saturated heterocycles. The third kappa shape index (κ3) is 1.15. The number of nitrogens with zero attached hydrogens (tertiary/aromatic N) is 1. The Balaban J connectivity index is 2.27. The zero-order valence-electron chi connectivity index (χ0n) is 8.27. The minimum Gasteiger partial charge on any atom is -0.506 e. The summed E-state index contributed by atoms with van der Waals surface area (Å²) >= 11 is 0. The highest BCUT2D eigenvalue weighted by atomic mass is 16.5. The largest absolute Gasteiger partial charge is 0.506 e. The summed E-state index contributed by atoms with van der Waals surface area (Å²) in [6, 6.07) is 7.00. The number of aromatic hydroxyl groups is 1. The molecule has 2 heterocycles. The molecule has 5 nitrogen and oxygen atoms in total. The Labute approximate surface area is 90.5 Å². The van der Waals surface area contributed by atoms with Gasteiger partial charge in [0.05, 0.1) is 5.56 Å². The normalized spacial score (nSPS) is 11.0. The average Bonchev–Trinajstić information content (AvgIpc) is 2.87. The van der Waals surface area contributed by atoms with Crippen LogP contribution in [0.1, 0.15) is 0 Å². The van der Waals surface area contributed by atoms with Crippen molar-refractivity contribution in [2.45, 2.75) is 0 Å². The number of anilines is 1. The maximum atomic E-state index is 10.1. The quantitative estimate of drug-likeness (QED) is 0.580. The second kappa shape index (κ2) is 3.03. The van der Waals surface area contributed by atoms with Crippen LogP contribution in [0.4, 0.5) is 5.82 Å². The van der Waals surface area contributed by atoms with E-state index in [1.165, 1.54) is 0 Å². The van der Waals surface area contributed by atoms with Gasteiger partial charge in [0.2, 0.25) is 0 Å². The lowest BCUT2D eigenvalue weighted by molar-refractivity contribution is 0.430. The number of nitrogen functional groups attached to an aromatic ring is 1. The highest BCUT2D eigenvalue weighted by molar-refractivity contribution is 5.92. The molecule has 0 aliphatic heterocycles. The first kappa shape index (κ1) is 8.84. The molecule has 16 heavy (non-hydrogen) atoms. The predicted molar refractivity (Wildman–Crippen MR) is 59.9 cm³/mol. The third-order valence-electron chi connectivity index (χ3n) is 2.50. The Morgan fingerprint density at radius 1 is 1.31 bits per heavy atom. The van der Waals surface area contributed by atoms with Crippen molar-refractivity contribution in [3.63, 3.8) is 0 Å². The van der Waals surface area contributed by atoms with Crippen LogP contribution in [0.25, 0.3) is 22.2 Å². The van der Waals surface area contributed by atoms with Gasteiger partial charge in [0.1, 0.15) is 5.75 Å². The van der Waals surface area contributed by atoms with Gasteiger partial charge in [0, 0.05) is 23.2 Å². The van der Waals surface area contributed by atoms with Gasteiger partial charge in [-0.15, -0.1) is 0 Å². The van der Waals surface area contributed by atoms with Crippen molar-refractivity contribution in [2.75, 3.05) is 5.73 Å². The summed E-state index contributed by atoms with van der Waals surface area (Å²) in [5.41, 5.74) is 6.92. The number of nitrogens with two attached hydrogens (primary N) is 1. The second-order valence-corrected chi connectivity index (χ2v) is 3.52. The van der Waals surface area contributed by atoms with Crippen molar-refractivity contribution in [1.82, 2.24) is 10.1 Å². The maximum Gasteiger partial charge on any atom is 0.172 e. The molecule has 4 N–H and O–H groups in total. The van der Waals surface area contributed by atoms with E-state index >= 15 is 0 Å². The zero-order chi connectivity index (χ0) is 11.1. The van der Waals surface area contributed by atoms with E-state index in [-0.39, 0.29) is 5.75 Å². The molecule has 0 aliphatic rings. The Morgan fingerprint density at radius 2 is 2.19 bits per heavy atom. The molecule has 80 valence electrons. The molecule has 1 aromatic carbocycles. The lowest BCUT2D eigenvalue weighted by atomic mass is 10.1. The highest BCUT2D eigenvalue weighted by Gasteiger charge is 2.12. The van der Waals surface area contributed by atoms with E-state index in [1.54, 1.807) is 24.4 Å². The molecule has 0 fully saturated rings. The van der Waals surface area contributed by atoms with Crippen molar-refractivity contribution in [1.29, 1.82) is 0 Å². The first-order chi connectivity index (χ1) is 7.75. The number of hydrogen-bond acceptors (Lipinski definition) is 4. The molecule has 0 saturated carbocycles. The van der Waals surface area contributed by atoms with Gasteiger partial charge in [0.25, 0.3) is 0 Å². The van der Waals surface area contributed by atoms with Gasteiger partial charge in [-0.1, -0.05) is 5.16 Å². The van der Waals surface area contributed by atoms with Crippen LogP contribution >= 0.6 is 0 Å². The van der Waals surface area contributed by atoms with Gasteiger partial charge in [-0.2, -0.15) is 0 Å². The molecule has 0 radical (unpaired) electrons. The molecule has 0 spiro atoms. The number of phenolic OH excluding ortho intramolecular Hbond substituents is 1. The van der Waals surface area contributed by atoms with Crippen molar-refractivity contribution >= 4 is 16.7 Å². The lowest BCUT2D eigenvalue weighted by Gasteiger charge is -2.01. The fourth-order valence-corrected chi connectivity index (χ4v) is 1.73. The molecule has 0 bridgehead atoms. The minimum atomic E-state index is 0.162. The highest BCUT2D eigenvalue weighted by Crippen LogP contribution is 2.35. The van der Waals surface area contributed by atoms with E-state index in [4.69, 9.17) is 10.3 Å². The molecule has 3 aromatic rings. The van der Waals surface area contributed by atoms with Gasteiger partial charge < -0.3 is 20.3 Å². The number of fused-ring (bicyclic) bond motifs is 1. The number of phenols is 1. The Hall–Kier alpha value is -2.43. The van der Waals surface area contributed by atoms with Crippen LogP contribution in [-0.2, 0) is 0 Å². The van der Waals surface area contributed by atoms with Gasteiger partial charge in [-0.3, -0.25) is 0 Å². The van der Waals surface area contributed by atoms with Crippen molar-refractivity contribution in [3.05, 3.63) is 30.5 Å². The summed E-state index contributed by atoms with van der Waals surface area (Å²) in [6.45, 7) is 0. The Kier molecular flexibility index (Phi) is 1.67. The van der Waals surface area contributed by atoms with Gasteiger partial charge >= 0.3 is 0 Å². The van der Waals surface area contributed by atoms with E-state index in [0.717, 1.165) is 10.9 Å². The van der Waals surface area contributed by atoms with Crippen LogP contribution in [0.15, 0.2) is 35.0 Å². The topological polar surface area (TPSA) is 88.1 Å². The minimum absolute atomic E-state index is 0.162. The van der Waals surface area contributed by atoms with Crippen LogP contribution in [0, 0.1) is 0 Å². The SMILES string of the molecule is Nc1cc(-c2ccc3[nH]ccc3c2O)on1. The summed E-state index contributed by atoms with van der Waals surface area (Å²) in [7, 11) is 0. The smallest absolute Gasteiger partial charge is 0.172 e. The van der Waals surface area contributed by atoms with E-state index < -0.39 is 0 Å². The molecule has 0 atom stereocenters. The van der Waals surface area contributed by atoms with Crippen LogP contribution in [0.5, 0.6) is 5.75 Å². The summed E-state index contributed by atoms with van der Waals surface area (Å²) in [6.07, 6.45) is 1.77. The summed E-state index contributed by atoms with van der Waals surface area (Å²) in [4.78, 5) is 3.01. The predicted octanol–water partition coefficient (Wildman–Crippen LogP) is 2.11. The fourth-order valence-electron chi connectivity index (χ4n) is 1.73. The summed E-state index contributed by atoms with van der Waals surface area (Å²) in [5, 5.41) is 14.4. The molecule has 0 unspecified atom stereocenters. The Bertz CT molecular complexity index is 654. The van der Waals surface area contributed by atoms with Crippen LogP contribution in [0.3, 0.4) is 0 Å². The number of benzene rings is 1. The van der Waals surface area contributed by atoms with E-state index in [2.05, 4.69) is 10.1 Å². The first-order valence-corrected chi connectivity index (χ1v) is 4.77. The number of hydrogen-bond donors (Lipinski definition) is 3. The van der Waals surface area contributed by atoms with Crippen LogP contribution in [0.2, 0.25) is 0 Å². The molecular formula is C11H9N3O2. The van der Waals surface area contributed by atoms with E-state index in [9.17, 15) is 5.11 Å². The standard InChI is InChI=1S/C11H9N3O2/c12-10-5-9(16-14-10)7-1-2-8-6(11(7)15)3-4-13-8/h1-5,13,15H,(H2,12,14). The molecule has 5 heteroatoms. The van der Waals surface area contributed by atoms with E-state index in [0.29, 0.717) is 17.1 Å². The molecule has 3 rings (SSSR count). The number of nitrogens with one attached hydrogen (secondary N) is 1. The second-order valence-electron chi connectivity index (χ2n) is 3.52. The summed E-state index contributed by atoms with van der Waals surface area (Å²) in [5.74, 6) is 0.913.